The highest BCUT2D eigenvalue weighted by atomic mass is 16.1. The third-order valence-corrected chi connectivity index (χ3v) is 2.08. The molecule has 1 aromatic heterocycles. The second kappa shape index (κ2) is 2.97. The largest absolute Gasteiger partial charge is 0.354 e. The van der Waals surface area contributed by atoms with Crippen molar-refractivity contribution in [3.05, 3.63) is 17.0 Å². The van der Waals surface area contributed by atoms with E-state index in [2.05, 4.69) is 10.4 Å². The van der Waals surface area contributed by atoms with Gasteiger partial charge >= 0.3 is 0 Å². The van der Waals surface area contributed by atoms with Crippen LogP contribution in [-0.2, 0) is 7.05 Å². The standard InChI is InChI=1S/C8H13N3O/c1-5-6(2)11(4)10-7(5)8(12)9-3/h1-4H3,(H,9,12). The molecule has 1 amide bonds. The summed E-state index contributed by atoms with van der Waals surface area (Å²) in [6.07, 6.45) is 0. The number of carbonyl (C=O) groups is 1. The van der Waals surface area contributed by atoms with E-state index in [1.54, 1.807) is 11.7 Å². The summed E-state index contributed by atoms with van der Waals surface area (Å²) < 4.78 is 1.71. The van der Waals surface area contributed by atoms with E-state index in [4.69, 9.17) is 0 Å². The van der Waals surface area contributed by atoms with Crippen LogP contribution in [0.2, 0.25) is 0 Å². The predicted octanol–water partition coefficient (Wildman–Crippen LogP) is 0.397. The van der Waals surface area contributed by atoms with Crippen molar-refractivity contribution in [2.75, 3.05) is 7.05 Å². The van der Waals surface area contributed by atoms with Gasteiger partial charge in [-0.1, -0.05) is 0 Å². The smallest absolute Gasteiger partial charge is 0.271 e. The molecule has 0 unspecified atom stereocenters. The first-order valence-electron chi connectivity index (χ1n) is 3.80. The molecule has 4 nitrogen and oxygen atoms in total. The van der Waals surface area contributed by atoms with Crippen molar-refractivity contribution < 1.29 is 4.79 Å². The van der Waals surface area contributed by atoms with Crippen molar-refractivity contribution in [3.63, 3.8) is 0 Å². The van der Waals surface area contributed by atoms with Crippen LogP contribution in [0.1, 0.15) is 21.7 Å². The SMILES string of the molecule is CNC(=O)c1nn(C)c(C)c1C. The van der Waals surface area contributed by atoms with Gasteiger partial charge in [-0.05, 0) is 13.8 Å². The lowest BCUT2D eigenvalue weighted by molar-refractivity contribution is 0.0957. The van der Waals surface area contributed by atoms with Gasteiger partial charge in [-0.15, -0.1) is 0 Å². The summed E-state index contributed by atoms with van der Waals surface area (Å²) in [4.78, 5) is 11.2. The number of hydrogen-bond donors (Lipinski definition) is 1. The fourth-order valence-corrected chi connectivity index (χ4v) is 1.05. The Kier molecular flexibility index (Phi) is 2.17. The van der Waals surface area contributed by atoms with E-state index in [0.717, 1.165) is 11.3 Å². The molecular formula is C8H13N3O. The van der Waals surface area contributed by atoms with Gasteiger partial charge in [-0.3, -0.25) is 9.48 Å². The summed E-state index contributed by atoms with van der Waals surface area (Å²) in [6, 6.07) is 0. The highest BCUT2D eigenvalue weighted by molar-refractivity contribution is 5.93. The zero-order valence-electron chi connectivity index (χ0n) is 7.80. The second-order valence-corrected chi connectivity index (χ2v) is 2.76. The van der Waals surface area contributed by atoms with E-state index >= 15 is 0 Å². The van der Waals surface area contributed by atoms with E-state index in [-0.39, 0.29) is 5.91 Å². The van der Waals surface area contributed by atoms with Gasteiger partial charge in [0.25, 0.3) is 5.91 Å². The topological polar surface area (TPSA) is 46.9 Å². The summed E-state index contributed by atoms with van der Waals surface area (Å²) in [5.41, 5.74) is 2.47. The number of aromatic nitrogens is 2. The van der Waals surface area contributed by atoms with Crippen molar-refractivity contribution in [1.82, 2.24) is 15.1 Å². The molecule has 1 aromatic rings. The maximum Gasteiger partial charge on any atom is 0.271 e. The van der Waals surface area contributed by atoms with Gasteiger partial charge in [-0.2, -0.15) is 5.10 Å². The molecule has 0 saturated carbocycles. The number of amides is 1. The van der Waals surface area contributed by atoms with E-state index in [1.165, 1.54) is 0 Å². The van der Waals surface area contributed by atoms with Gasteiger partial charge in [0.05, 0.1) is 0 Å². The Morgan fingerprint density at radius 3 is 2.42 bits per heavy atom. The maximum absolute atomic E-state index is 11.2. The lowest BCUT2D eigenvalue weighted by atomic mass is 10.2. The average Bonchev–Trinajstić information content (AvgIpc) is 2.32. The summed E-state index contributed by atoms with van der Waals surface area (Å²) in [6.45, 7) is 3.84. The Morgan fingerprint density at radius 1 is 1.50 bits per heavy atom. The molecule has 0 atom stereocenters. The Hall–Kier alpha value is -1.32. The van der Waals surface area contributed by atoms with Crippen molar-refractivity contribution in [1.29, 1.82) is 0 Å². The molecule has 0 saturated heterocycles. The van der Waals surface area contributed by atoms with Crippen LogP contribution in [0.3, 0.4) is 0 Å². The molecular weight excluding hydrogens is 154 g/mol. The zero-order valence-corrected chi connectivity index (χ0v) is 7.80. The molecule has 0 aliphatic heterocycles. The molecule has 0 aromatic carbocycles. The first kappa shape index (κ1) is 8.77. The molecule has 4 heteroatoms. The number of nitrogens with one attached hydrogen (secondary N) is 1. The van der Waals surface area contributed by atoms with Crippen LogP contribution in [0.4, 0.5) is 0 Å². The lowest BCUT2D eigenvalue weighted by Crippen LogP contribution is -2.19. The molecule has 0 bridgehead atoms. The van der Waals surface area contributed by atoms with Crippen LogP contribution in [-0.4, -0.2) is 22.7 Å². The van der Waals surface area contributed by atoms with E-state index in [0.29, 0.717) is 5.69 Å². The van der Waals surface area contributed by atoms with Gasteiger partial charge in [0.2, 0.25) is 0 Å². The molecule has 0 aliphatic rings. The van der Waals surface area contributed by atoms with E-state index in [9.17, 15) is 4.79 Å². The molecule has 0 radical (unpaired) electrons. The molecule has 1 heterocycles. The third kappa shape index (κ3) is 1.20. The lowest BCUT2D eigenvalue weighted by Gasteiger charge is -1.94. The van der Waals surface area contributed by atoms with E-state index < -0.39 is 0 Å². The van der Waals surface area contributed by atoms with Crippen LogP contribution in [0.15, 0.2) is 0 Å². The normalized spacial score (nSPS) is 10.0. The minimum absolute atomic E-state index is 0.129. The maximum atomic E-state index is 11.2. The minimum Gasteiger partial charge on any atom is -0.354 e. The quantitative estimate of drug-likeness (QED) is 0.658. The minimum atomic E-state index is -0.129. The number of aryl methyl sites for hydroxylation is 1. The summed E-state index contributed by atoms with van der Waals surface area (Å²) in [7, 11) is 3.43. The van der Waals surface area contributed by atoms with Crippen LogP contribution in [0.5, 0.6) is 0 Å². The van der Waals surface area contributed by atoms with Crippen LogP contribution >= 0.6 is 0 Å². The molecule has 66 valence electrons. The number of hydrogen-bond acceptors (Lipinski definition) is 2. The van der Waals surface area contributed by atoms with Crippen LogP contribution in [0.25, 0.3) is 0 Å². The van der Waals surface area contributed by atoms with Crippen molar-refractivity contribution >= 4 is 5.91 Å². The Balaban J connectivity index is 3.17. The number of nitrogens with zero attached hydrogens (tertiary/aromatic N) is 2. The fourth-order valence-electron chi connectivity index (χ4n) is 1.05. The highest BCUT2D eigenvalue weighted by Crippen LogP contribution is 2.10. The monoisotopic (exact) mass is 167 g/mol. The van der Waals surface area contributed by atoms with E-state index in [1.807, 2.05) is 20.9 Å². The number of rotatable bonds is 1. The molecule has 0 spiro atoms. The first-order chi connectivity index (χ1) is 5.57. The van der Waals surface area contributed by atoms with Crippen LogP contribution in [0, 0.1) is 13.8 Å². The first-order valence-corrected chi connectivity index (χ1v) is 3.80. The van der Waals surface area contributed by atoms with Gasteiger partial charge in [0, 0.05) is 25.4 Å². The number of carbonyl (C=O) groups excluding carboxylic acids is 1. The molecule has 0 aliphatic carbocycles. The van der Waals surface area contributed by atoms with Gasteiger partial charge in [-0.25, -0.2) is 0 Å². The average molecular weight is 167 g/mol. The molecule has 0 fully saturated rings. The summed E-state index contributed by atoms with van der Waals surface area (Å²) in [5, 5.41) is 6.63. The second-order valence-electron chi connectivity index (χ2n) is 2.76. The molecule has 12 heavy (non-hydrogen) atoms. The highest BCUT2D eigenvalue weighted by Gasteiger charge is 2.14. The van der Waals surface area contributed by atoms with Gasteiger partial charge in [0.15, 0.2) is 5.69 Å². The Bertz CT molecular complexity index is 314. The van der Waals surface area contributed by atoms with Crippen molar-refractivity contribution in [2.45, 2.75) is 13.8 Å². The Labute approximate surface area is 71.6 Å². The molecule has 1 N–H and O–H groups in total. The Morgan fingerprint density at radius 2 is 2.08 bits per heavy atom. The van der Waals surface area contributed by atoms with Crippen molar-refractivity contribution in [3.8, 4) is 0 Å². The summed E-state index contributed by atoms with van der Waals surface area (Å²) >= 11 is 0. The molecule has 1 rings (SSSR count). The van der Waals surface area contributed by atoms with Crippen LogP contribution < -0.4 is 5.32 Å². The van der Waals surface area contributed by atoms with Gasteiger partial charge < -0.3 is 5.32 Å². The predicted molar refractivity (Wildman–Crippen MR) is 46.1 cm³/mol. The zero-order chi connectivity index (χ0) is 9.30. The van der Waals surface area contributed by atoms with Gasteiger partial charge in [0.1, 0.15) is 0 Å². The van der Waals surface area contributed by atoms with Crippen molar-refractivity contribution in [2.24, 2.45) is 7.05 Å². The summed E-state index contributed by atoms with van der Waals surface area (Å²) in [5.74, 6) is -0.129. The third-order valence-electron chi connectivity index (χ3n) is 2.08. The fraction of sp³-hybridized carbons (Fsp3) is 0.500.